The summed E-state index contributed by atoms with van der Waals surface area (Å²) in [6.45, 7) is 5.03. The van der Waals surface area contributed by atoms with Crippen molar-refractivity contribution >= 4 is 22.6 Å². The number of hydrogen-bond acceptors (Lipinski definition) is 2. The van der Waals surface area contributed by atoms with Crippen LogP contribution < -0.4 is 4.74 Å². The maximum Gasteiger partial charge on any atom is 0.121 e. The molecule has 0 amide bonds. The predicted molar refractivity (Wildman–Crippen MR) is 60.3 cm³/mol. The molecule has 0 aromatic heterocycles. The molecule has 2 nitrogen and oxygen atoms in total. The molecule has 0 spiro atoms. The molecule has 0 saturated carbocycles. The van der Waals surface area contributed by atoms with Crippen LogP contribution in [0.15, 0.2) is 18.2 Å². The van der Waals surface area contributed by atoms with Crippen molar-refractivity contribution in [3.05, 3.63) is 33.9 Å². The van der Waals surface area contributed by atoms with Crippen LogP contribution in [0.4, 0.5) is 0 Å². The second-order valence-electron chi connectivity index (χ2n) is 3.02. The van der Waals surface area contributed by atoms with Gasteiger partial charge in [-0.15, -0.1) is 0 Å². The van der Waals surface area contributed by atoms with Crippen LogP contribution in [0, 0.1) is 10.2 Å². The molecule has 0 atom stereocenters. The lowest BCUT2D eigenvalue weighted by atomic mass is 10.2. The minimum Gasteiger partial charge on any atom is -0.491 e. The lowest BCUT2D eigenvalue weighted by Crippen LogP contribution is -2.05. The van der Waals surface area contributed by atoms with Crippen LogP contribution in [0.2, 0.25) is 0 Å². The van der Waals surface area contributed by atoms with Crippen molar-refractivity contribution in [3.63, 3.8) is 0 Å². The molecule has 1 aromatic rings. The van der Waals surface area contributed by atoms with Gasteiger partial charge in [-0.2, -0.15) is 0 Å². The number of halogens is 1. The van der Waals surface area contributed by atoms with E-state index in [1.165, 1.54) is 0 Å². The summed E-state index contributed by atoms with van der Waals surface area (Å²) < 4.78 is 6.55. The van der Waals surface area contributed by atoms with Gasteiger partial charge in [-0.05, 0) is 60.2 Å². The highest BCUT2D eigenvalue weighted by atomic mass is 127. The van der Waals surface area contributed by atoms with Crippen molar-refractivity contribution in [2.24, 2.45) is 0 Å². The summed E-state index contributed by atoms with van der Waals surface area (Å²) >= 11 is 2.19. The van der Waals surface area contributed by atoms with Crippen LogP contribution >= 0.6 is 22.6 Å². The van der Waals surface area contributed by atoms with Gasteiger partial charge in [0.25, 0.3) is 0 Å². The molecule has 1 N–H and O–H groups in total. The Morgan fingerprint density at radius 3 is 2.62 bits per heavy atom. The zero-order valence-corrected chi connectivity index (χ0v) is 9.78. The highest BCUT2D eigenvalue weighted by molar-refractivity contribution is 14.1. The Labute approximate surface area is 92.1 Å². The average molecular weight is 291 g/mol. The second kappa shape index (κ2) is 4.81. The summed E-state index contributed by atoms with van der Waals surface area (Å²) in [5, 5.41) is 8.84. The molecule has 0 unspecified atom stereocenters. The Balaban J connectivity index is 2.88. The molecule has 0 aliphatic heterocycles. The molecule has 0 fully saturated rings. The molecule has 0 aliphatic rings. The maximum atomic E-state index is 8.84. The van der Waals surface area contributed by atoms with Gasteiger partial charge >= 0.3 is 0 Å². The first-order valence-corrected chi connectivity index (χ1v) is 5.14. The zero-order valence-electron chi connectivity index (χ0n) is 7.62. The van der Waals surface area contributed by atoms with E-state index in [-0.39, 0.29) is 6.10 Å². The van der Waals surface area contributed by atoms with Crippen molar-refractivity contribution in [1.82, 2.24) is 0 Å². The molecule has 0 aliphatic carbocycles. The largest absolute Gasteiger partial charge is 0.491 e. The fraction of sp³-hybridized carbons (Fsp3) is 0.300. The summed E-state index contributed by atoms with van der Waals surface area (Å²) in [6.07, 6.45) is 0.157. The van der Waals surface area contributed by atoms with Gasteiger partial charge in [-0.1, -0.05) is 0 Å². The van der Waals surface area contributed by atoms with Crippen LogP contribution in [0.3, 0.4) is 0 Å². The molecule has 71 valence electrons. The third kappa shape index (κ3) is 3.52. The van der Waals surface area contributed by atoms with Crippen LogP contribution in [-0.4, -0.2) is 11.2 Å². The molecule has 1 radical (unpaired) electrons. The maximum absolute atomic E-state index is 8.84. The van der Waals surface area contributed by atoms with Gasteiger partial charge in [0, 0.05) is 3.57 Å². The van der Waals surface area contributed by atoms with Crippen molar-refractivity contribution in [2.45, 2.75) is 20.0 Å². The highest BCUT2D eigenvalue weighted by Gasteiger charge is 2.01. The minimum atomic E-state index is 0.157. The molecular formula is C10H12IO2. The Morgan fingerprint density at radius 1 is 1.38 bits per heavy atom. The number of hydrogen-bond donors (Lipinski definition) is 1. The van der Waals surface area contributed by atoms with E-state index in [1.807, 2.05) is 32.0 Å². The number of rotatable bonds is 3. The third-order valence-corrected chi connectivity index (χ3v) is 2.04. The van der Waals surface area contributed by atoms with E-state index < -0.39 is 0 Å². The third-order valence-electron chi connectivity index (χ3n) is 1.41. The Kier molecular flexibility index (Phi) is 3.99. The number of benzene rings is 1. The molecule has 3 heteroatoms. The topological polar surface area (TPSA) is 29.5 Å². The van der Waals surface area contributed by atoms with Gasteiger partial charge in [0.1, 0.15) is 12.4 Å². The number of aliphatic hydroxyl groups excluding tert-OH is 1. The lowest BCUT2D eigenvalue weighted by molar-refractivity contribution is 0.242. The summed E-state index contributed by atoms with van der Waals surface area (Å²) in [6, 6.07) is 5.63. The summed E-state index contributed by atoms with van der Waals surface area (Å²) in [4.78, 5) is 0. The SMILES string of the molecule is CC(C)Oc1cc(I)cc([CH]O)c1. The zero-order chi connectivity index (χ0) is 9.84. The lowest BCUT2D eigenvalue weighted by Gasteiger charge is -2.10. The van der Waals surface area contributed by atoms with Crippen molar-refractivity contribution in [3.8, 4) is 5.75 Å². The van der Waals surface area contributed by atoms with Gasteiger partial charge in [0.2, 0.25) is 0 Å². The molecule has 13 heavy (non-hydrogen) atoms. The fourth-order valence-electron chi connectivity index (χ4n) is 0.999. The quantitative estimate of drug-likeness (QED) is 0.868. The molecule has 0 saturated heterocycles. The molecule has 1 rings (SSSR count). The van der Waals surface area contributed by atoms with E-state index in [9.17, 15) is 0 Å². The van der Waals surface area contributed by atoms with Gasteiger partial charge in [-0.25, -0.2) is 0 Å². The van der Waals surface area contributed by atoms with E-state index in [0.29, 0.717) is 0 Å². The van der Waals surface area contributed by atoms with E-state index in [1.54, 1.807) is 0 Å². The van der Waals surface area contributed by atoms with Gasteiger partial charge in [0.15, 0.2) is 0 Å². The van der Waals surface area contributed by atoms with Gasteiger partial charge < -0.3 is 9.84 Å². The van der Waals surface area contributed by atoms with Crippen molar-refractivity contribution in [2.75, 3.05) is 0 Å². The summed E-state index contributed by atoms with van der Waals surface area (Å²) in [5.41, 5.74) is 0.766. The normalized spacial score (nSPS) is 10.5. The van der Waals surface area contributed by atoms with E-state index in [0.717, 1.165) is 21.5 Å². The molecular weight excluding hydrogens is 279 g/mol. The van der Waals surface area contributed by atoms with Crippen LogP contribution in [-0.2, 0) is 0 Å². The number of ether oxygens (including phenoxy) is 1. The van der Waals surface area contributed by atoms with Crippen molar-refractivity contribution in [1.29, 1.82) is 0 Å². The standard InChI is InChI=1S/C10H12IO2/c1-7(2)13-10-4-8(6-12)3-9(11)5-10/h3-7,12H,1-2H3. The molecule has 0 heterocycles. The van der Waals surface area contributed by atoms with Crippen LogP contribution in [0.25, 0.3) is 0 Å². The summed E-state index contributed by atoms with van der Waals surface area (Å²) in [5.74, 6) is 0.794. The number of aliphatic hydroxyl groups is 1. The van der Waals surface area contributed by atoms with E-state index in [2.05, 4.69) is 22.6 Å². The van der Waals surface area contributed by atoms with Gasteiger partial charge in [-0.3, -0.25) is 0 Å². The second-order valence-corrected chi connectivity index (χ2v) is 4.26. The first-order chi connectivity index (χ1) is 6.11. The average Bonchev–Trinajstić information content (AvgIpc) is 2.01. The van der Waals surface area contributed by atoms with E-state index in [4.69, 9.17) is 9.84 Å². The first kappa shape index (κ1) is 10.8. The monoisotopic (exact) mass is 291 g/mol. The van der Waals surface area contributed by atoms with Crippen LogP contribution in [0.1, 0.15) is 19.4 Å². The van der Waals surface area contributed by atoms with Crippen molar-refractivity contribution < 1.29 is 9.84 Å². The summed E-state index contributed by atoms with van der Waals surface area (Å²) in [7, 11) is 0. The molecule has 0 bridgehead atoms. The van der Waals surface area contributed by atoms with Gasteiger partial charge in [0.05, 0.1) is 6.10 Å². The Bertz CT molecular complexity index is 284. The first-order valence-electron chi connectivity index (χ1n) is 4.06. The van der Waals surface area contributed by atoms with Crippen LogP contribution in [0.5, 0.6) is 5.75 Å². The smallest absolute Gasteiger partial charge is 0.121 e. The minimum absolute atomic E-state index is 0.157. The predicted octanol–water partition coefficient (Wildman–Crippen LogP) is 2.96. The fourth-order valence-corrected chi connectivity index (χ4v) is 1.67. The molecule has 1 aromatic carbocycles. The highest BCUT2D eigenvalue weighted by Crippen LogP contribution is 2.20. The van der Waals surface area contributed by atoms with E-state index >= 15 is 0 Å². The Hall–Kier alpha value is -0.290. The Morgan fingerprint density at radius 2 is 2.08 bits per heavy atom.